The van der Waals surface area contributed by atoms with Crippen molar-refractivity contribution in [2.45, 2.75) is 32.9 Å². The Morgan fingerprint density at radius 2 is 2.00 bits per heavy atom. The number of fused-ring (bicyclic) bond motifs is 1. The Morgan fingerprint density at radius 3 is 2.73 bits per heavy atom. The van der Waals surface area contributed by atoms with Gasteiger partial charge in [0.15, 0.2) is 0 Å². The van der Waals surface area contributed by atoms with E-state index in [-0.39, 0.29) is 12.1 Å². The van der Waals surface area contributed by atoms with Gasteiger partial charge < -0.3 is 14.8 Å². The van der Waals surface area contributed by atoms with Crippen molar-refractivity contribution in [3.05, 3.63) is 60.2 Å². The van der Waals surface area contributed by atoms with Crippen molar-refractivity contribution in [1.82, 2.24) is 24.8 Å². The average molecular weight is 351 g/mol. The smallest absolute Gasteiger partial charge is 0.317 e. The fraction of sp³-hybridized carbons (Fsp3) is 0.350. The number of carbonyl (C=O) groups excluding carboxylic acids is 1. The summed E-state index contributed by atoms with van der Waals surface area (Å²) in [6.45, 7) is 5.48. The van der Waals surface area contributed by atoms with Crippen LogP contribution >= 0.6 is 0 Å². The molecule has 2 aromatic heterocycles. The number of benzene rings is 1. The molecule has 0 spiro atoms. The molecule has 3 rings (SSSR count). The summed E-state index contributed by atoms with van der Waals surface area (Å²) in [5.74, 6) is 0.995. The van der Waals surface area contributed by atoms with Gasteiger partial charge in [-0.05, 0) is 38.1 Å². The molecule has 26 heavy (non-hydrogen) atoms. The lowest BCUT2D eigenvalue weighted by Crippen LogP contribution is -2.40. The monoisotopic (exact) mass is 351 g/mol. The Kier molecular flexibility index (Phi) is 5.51. The maximum atomic E-state index is 12.4. The SMILES string of the molecule is CCn1c(CCNC(=O)N(C)C(C)c2ccccn2)nc2ccccc21. The molecule has 1 atom stereocenters. The zero-order chi connectivity index (χ0) is 18.5. The fourth-order valence-corrected chi connectivity index (χ4v) is 3.07. The van der Waals surface area contributed by atoms with Crippen LogP contribution in [-0.2, 0) is 13.0 Å². The van der Waals surface area contributed by atoms with Gasteiger partial charge in [-0.1, -0.05) is 18.2 Å². The third-order valence-electron chi connectivity index (χ3n) is 4.69. The standard InChI is InChI=1S/C20H25N5O/c1-4-25-18-11-6-5-10-17(18)23-19(25)12-14-22-20(26)24(3)15(2)16-9-7-8-13-21-16/h5-11,13,15H,4,12,14H2,1-3H3,(H,22,26). The number of carbonyl (C=O) groups is 1. The molecule has 0 radical (unpaired) electrons. The van der Waals surface area contributed by atoms with E-state index in [0.717, 1.165) is 29.1 Å². The average Bonchev–Trinajstić information content (AvgIpc) is 3.04. The van der Waals surface area contributed by atoms with E-state index >= 15 is 0 Å². The summed E-state index contributed by atoms with van der Waals surface area (Å²) in [5, 5.41) is 2.98. The first-order chi connectivity index (χ1) is 12.6. The van der Waals surface area contributed by atoms with Gasteiger partial charge in [-0.15, -0.1) is 0 Å². The number of nitrogens with one attached hydrogen (secondary N) is 1. The number of hydrogen-bond acceptors (Lipinski definition) is 3. The molecule has 0 saturated heterocycles. The van der Waals surface area contributed by atoms with Gasteiger partial charge in [-0.2, -0.15) is 0 Å². The van der Waals surface area contributed by atoms with Crippen molar-refractivity contribution in [3.8, 4) is 0 Å². The molecule has 1 aromatic carbocycles. The summed E-state index contributed by atoms with van der Waals surface area (Å²) in [7, 11) is 1.79. The Balaban J connectivity index is 1.60. The van der Waals surface area contributed by atoms with Crippen LogP contribution < -0.4 is 5.32 Å². The van der Waals surface area contributed by atoms with E-state index in [9.17, 15) is 4.79 Å². The highest BCUT2D eigenvalue weighted by molar-refractivity contribution is 5.76. The number of nitrogens with zero attached hydrogens (tertiary/aromatic N) is 4. The van der Waals surface area contributed by atoms with Crippen LogP contribution in [0.3, 0.4) is 0 Å². The number of amides is 2. The minimum atomic E-state index is -0.109. The Hall–Kier alpha value is -2.89. The third-order valence-corrected chi connectivity index (χ3v) is 4.69. The number of aromatic nitrogens is 3. The number of imidazole rings is 1. The molecule has 0 aliphatic carbocycles. The second-order valence-electron chi connectivity index (χ2n) is 6.28. The first kappa shape index (κ1) is 17.9. The Labute approximate surface area is 153 Å². The van der Waals surface area contributed by atoms with Gasteiger partial charge in [-0.25, -0.2) is 9.78 Å². The summed E-state index contributed by atoms with van der Waals surface area (Å²) in [6, 6.07) is 13.7. The predicted octanol–water partition coefficient (Wildman–Crippen LogP) is 3.40. The number of para-hydroxylation sites is 2. The highest BCUT2D eigenvalue weighted by Crippen LogP contribution is 2.17. The molecule has 1 N–H and O–H groups in total. The number of rotatable bonds is 6. The molecular formula is C20H25N5O. The summed E-state index contributed by atoms with van der Waals surface area (Å²) in [4.78, 5) is 23.1. The lowest BCUT2D eigenvalue weighted by atomic mass is 10.2. The molecule has 2 amide bonds. The highest BCUT2D eigenvalue weighted by Gasteiger charge is 2.18. The summed E-state index contributed by atoms with van der Waals surface area (Å²) >= 11 is 0. The molecule has 0 aliphatic heterocycles. The van der Waals surface area contributed by atoms with E-state index in [4.69, 9.17) is 4.98 Å². The number of urea groups is 1. The van der Waals surface area contributed by atoms with Crippen LogP contribution in [0.4, 0.5) is 4.79 Å². The minimum Gasteiger partial charge on any atom is -0.338 e. The van der Waals surface area contributed by atoms with Crippen LogP contribution in [0.15, 0.2) is 48.7 Å². The molecule has 2 heterocycles. The lowest BCUT2D eigenvalue weighted by Gasteiger charge is -2.24. The van der Waals surface area contributed by atoms with Gasteiger partial charge in [-0.3, -0.25) is 4.98 Å². The van der Waals surface area contributed by atoms with Gasteiger partial charge in [0.2, 0.25) is 0 Å². The highest BCUT2D eigenvalue weighted by atomic mass is 16.2. The molecule has 6 nitrogen and oxygen atoms in total. The van der Waals surface area contributed by atoms with E-state index in [1.54, 1.807) is 18.1 Å². The van der Waals surface area contributed by atoms with Crippen LogP contribution in [0.25, 0.3) is 11.0 Å². The zero-order valence-corrected chi connectivity index (χ0v) is 15.5. The van der Waals surface area contributed by atoms with E-state index < -0.39 is 0 Å². The van der Waals surface area contributed by atoms with Gasteiger partial charge >= 0.3 is 6.03 Å². The summed E-state index contributed by atoms with van der Waals surface area (Å²) < 4.78 is 2.20. The second-order valence-corrected chi connectivity index (χ2v) is 6.28. The van der Waals surface area contributed by atoms with E-state index in [2.05, 4.69) is 27.9 Å². The lowest BCUT2D eigenvalue weighted by molar-refractivity contribution is 0.193. The molecule has 6 heteroatoms. The number of aryl methyl sites for hydroxylation is 1. The van der Waals surface area contributed by atoms with Crippen LogP contribution in [0.1, 0.15) is 31.4 Å². The molecule has 136 valence electrons. The van der Waals surface area contributed by atoms with Gasteiger partial charge in [0.05, 0.1) is 22.8 Å². The van der Waals surface area contributed by atoms with Gasteiger partial charge in [0, 0.05) is 32.8 Å². The Bertz CT molecular complexity index is 874. The summed E-state index contributed by atoms with van der Waals surface area (Å²) in [5.41, 5.74) is 3.01. The summed E-state index contributed by atoms with van der Waals surface area (Å²) in [6.07, 6.45) is 2.44. The maximum absolute atomic E-state index is 12.4. The number of hydrogen-bond donors (Lipinski definition) is 1. The molecule has 3 aromatic rings. The first-order valence-corrected chi connectivity index (χ1v) is 8.97. The molecule has 0 fully saturated rings. The first-order valence-electron chi connectivity index (χ1n) is 8.97. The second kappa shape index (κ2) is 7.99. The van der Waals surface area contributed by atoms with Crippen LogP contribution in [0, 0.1) is 0 Å². The zero-order valence-electron chi connectivity index (χ0n) is 15.5. The normalized spacial score (nSPS) is 12.1. The van der Waals surface area contributed by atoms with Crippen LogP contribution in [0.2, 0.25) is 0 Å². The van der Waals surface area contributed by atoms with Crippen molar-refractivity contribution in [3.63, 3.8) is 0 Å². The van der Waals surface area contributed by atoms with E-state index in [1.807, 2.05) is 43.3 Å². The van der Waals surface area contributed by atoms with Crippen molar-refractivity contribution in [2.75, 3.05) is 13.6 Å². The van der Waals surface area contributed by atoms with Crippen LogP contribution in [0.5, 0.6) is 0 Å². The van der Waals surface area contributed by atoms with Crippen LogP contribution in [-0.4, -0.2) is 39.1 Å². The predicted molar refractivity (Wildman–Crippen MR) is 103 cm³/mol. The molecule has 0 bridgehead atoms. The third kappa shape index (κ3) is 3.69. The van der Waals surface area contributed by atoms with E-state index in [1.165, 1.54) is 0 Å². The topological polar surface area (TPSA) is 63.1 Å². The van der Waals surface area contributed by atoms with Crippen molar-refractivity contribution >= 4 is 17.1 Å². The largest absolute Gasteiger partial charge is 0.338 e. The fourth-order valence-electron chi connectivity index (χ4n) is 3.07. The number of pyridine rings is 1. The maximum Gasteiger partial charge on any atom is 0.317 e. The van der Waals surface area contributed by atoms with Crippen molar-refractivity contribution in [1.29, 1.82) is 0 Å². The van der Waals surface area contributed by atoms with Gasteiger partial charge in [0.25, 0.3) is 0 Å². The minimum absolute atomic E-state index is 0.0867. The Morgan fingerprint density at radius 1 is 1.23 bits per heavy atom. The molecule has 0 aliphatic rings. The van der Waals surface area contributed by atoms with Gasteiger partial charge in [0.1, 0.15) is 5.82 Å². The molecule has 0 saturated carbocycles. The van der Waals surface area contributed by atoms with Crippen molar-refractivity contribution in [2.24, 2.45) is 0 Å². The van der Waals surface area contributed by atoms with E-state index in [0.29, 0.717) is 13.0 Å². The van der Waals surface area contributed by atoms with Crippen molar-refractivity contribution < 1.29 is 4.79 Å². The molecule has 1 unspecified atom stereocenters. The molecular weight excluding hydrogens is 326 g/mol. The quantitative estimate of drug-likeness (QED) is 0.740.